The molecule has 3 aromatic rings. The van der Waals surface area contributed by atoms with Gasteiger partial charge in [0.15, 0.2) is 0 Å². The van der Waals surface area contributed by atoms with Gasteiger partial charge in [-0.3, -0.25) is 19.4 Å². The van der Waals surface area contributed by atoms with Crippen molar-refractivity contribution in [1.82, 2.24) is 9.88 Å². The molecule has 0 spiro atoms. The van der Waals surface area contributed by atoms with Gasteiger partial charge in [0.1, 0.15) is 5.00 Å². The molecule has 2 N–H and O–H groups in total. The summed E-state index contributed by atoms with van der Waals surface area (Å²) in [5.74, 6) is 1.57. The number of nitrogens with one attached hydrogen (secondary N) is 2. The monoisotopic (exact) mass is 472 g/mol. The van der Waals surface area contributed by atoms with Gasteiger partial charge in [-0.25, -0.2) is 0 Å². The lowest BCUT2D eigenvalue weighted by Gasteiger charge is -2.19. The van der Waals surface area contributed by atoms with Gasteiger partial charge >= 0.3 is 0 Å². The van der Waals surface area contributed by atoms with Gasteiger partial charge in [-0.05, 0) is 61.6 Å². The minimum atomic E-state index is -0.338. The zero-order chi connectivity index (χ0) is 24.1. The third-order valence-corrected chi connectivity index (χ3v) is 6.78. The number of thiophene rings is 1. The number of aromatic nitrogens is 1. The molecule has 0 bridgehead atoms. The Morgan fingerprint density at radius 3 is 2.74 bits per heavy atom. The number of amides is 3. The number of benzene rings is 1. The summed E-state index contributed by atoms with van der Waals surface area (Å²) in [6.07, 6.45) is 12.2. The standard InChI is InChI=1S/C26H24N4O3S/c1-3-17-8-6-10-19(14-17)28-22(31)16-30(2)26(33)23-20-11-4-5-12-21(20)34-25(23)29-24(32)18-9-7-13-27-15-18/h1,6-10,13-15H,4-5,11-12,16H2,2H3,(H,28,31)(H,29,32). The molecule has 1 aliphatic carbocycles. The van der Waals surface area contributed by atoms with E-state index in [4.69, 9.17) is 6.42 Å². The Kier molecular flexibility index (Phi) is 7.04. The fourth-order valence-corrected chi connectivity index (χ4v) is 5.19. The summed E-state index contributed by atoms with van der Waals surface area (Å²) in [6, 6.07) is 10.3. The number of anilines is 2. The number of hydrogen-bond donors (Lipinski definition) is 2. The van der Waals surface area contributed by atoms with Crippen LogP contribution in [0.2, 0.25) is 0 Å². The second-order valence-corrected chi connectivity index (χ2v) is 9.15. The normalized spacial score (nSPS) is 12.2. The van der Waals surface area contributed by atoms with Crippen molar-refractivity contribution in [2.75, 3.05) is 24.2 Å². The maximum atomic E-state index is 13.5. The summed E-state index contributed by atoms with van der Waals surface area (Å²) in [5.41, 5.74) is 3.08. The van der Waals surface area contributed by atoms with Gasteiger partial charge in [0.05, 0.1) is 17.7 Å². The molecule has 7 nitrogen and oxygen atoms in total. The first-order valence-electron chi connectivity index (χ1n) is 10.9. The number of terminal acetylenes is 1. The van der Waals surface area contributed by atoms with Crippen LogP contribution in [0.4, 0.5) is 10.7 Å². The number of aryl methyl sites for hydroxylation is 1. The summed E-state index contributed by atoms with van der Waals surface area (Å²) in [6.45, 7) is -0.139. The largest absolute Gasteiger partial charge is 0.332 e. The van der Waals surface area contributed by atoms with E-state index in [0.29, 0.717) is 27.4 Å². The predicted molar refractivity (Wildman–Crippen MR) is 133 cm³/mol. The molecule has 0 fully saturated rings. The van der Waals surface area contributed by atoms with Crippen LogP contribution in [0, 0.1) is 12.3 Å². The molecule has 0 saturated carbocycles. The van der Waals surface area contributed by atoms with Crippen LogP contribution in [0.3, 0.4) is 0 Å². The Bertz CT molecular complexity index is 1280. The van der Waals surface area contributed by atoms with Gasteiger partial charge in [0, 0.05) is 35.6 Å². The first kappa shape index (κ1) is 23.2. The molecule has 4 rings (SSSR count). The van der Waals surface area contributed by atoms with Crippen LogP contribution in [0.25, 0.3) is 0 Å². The zero-order valence-corrected chi connectivity index (χ0v) is 19.6. The van der Waals surface area contributed by atoms with E-state index in [1.54, 1.807) is 49.6 Å². The lowest BCUT2D eigenvalue weighted by atomic mass is 9.95. The van der Waals surface area contributed by atoms with Crippen molar-refractivity contribution in [1.29, 1.82) is 0 Å². The molecule has 0 unspecified atom stereocenters. The molecule has 3 amide bonds. The number of hydrogen-bond acceptors (Lipinski definition) is 5. The molecule has 172 valence electrons. The van der Waals surface area contributed by atoms with Crippen molar-refractivity contribution in [3.63, 3.8) is 0 Å². The van der Waals surface area contributed by atoms with Crippen molar-refractivity contribution in [3.05, 3.63) is 75.9 Å². The topological polar surface area (TPSA) is 91.4 Å². The third kappa shape index (κ3) is 5.16. The van der Waals surface area contributed by atoms with Gasteiger partial charge in [-0.15, -0.1) is 17.8 Å². The summed E-state index contributed by atoms with van der Waals surface area (Å²) in [5, 5.41) is 6.19. The van der Waals surface area contributed by atoms with Gasteiger partial charge in [-0.1, -0.05) is 12.0 Å². The van der Waals surface area contributed by atoms with Crippen LogP contribution in [0.1, 0.15) is 49.6 Å². The van der Waals surface area contributed by atoms with Crippen LogP contribution in [0.5, 0.6) is 0 Å². The number of likely N-dealkylation sites (N-methyl/N-ethyl adjacent to an activating group) is 1. The van der Waals surface area contributed by atoms with Crippen LogP contribution in [-0.4, -0.2) is 41.2 Å². The highest BCUT2D eigenvalue weighted by atomic mass is 32.1. The average Bonchev–Trinajstić information content (AvgIpc) is 3.21. The fourth-order valence-electron chi connectivity index (χ4n) is 3.92. The highest BCUT2D eigenvalue weighted by Gasteiger charge is 2.29. The van der Waals surface area contributed by atoms with E-state index in [9.17, 15) is 14.4 Å². The summed E-state index contributed by atoms with van der Waals surface area (Å²) in [7, 11) is 1.58. The predicted octanol–water partition coefficient (Wildman–Crippen LogP) is 3.97. The first-order valence-corrected chi connectivity index (χ1v) is 11.8. The lowest BCUT2D eigenvalue weighted by Crippen LogP contribution is -2.35. The lowest BCUT2D eigenvalue weighted by molar-refractivity contribution is -0.116. The third-order valence-electron chi connectivity index (χ3n) is 5.58. The molecule has 0 saturated heterocycles. The van der Waals surface area contributed by atoms with Crippen molar-refractivity contribution >= 4 is 39.7 Å². The van der Waals surface area contributed by atoms with E-state index in [2.05, 4.69) is 21.5 Å². The molecule has 34 heavy (non-hydrogen) atoms. The van der Waals surface area contributed by atoms with Crippen molar-refractivity contribution in [2.24, 2.45) is 0 Å². The summed E-state index contributed by atoms with van der Waals surface area (Å²) >= 11 is 1.44. The molecule has 0 atom stereocenters. The second kappa shape index (κ2) is 10.3. The van der Waals surface area contributed by atoms with Crippen LogP contribution in [0.15, 0.2) is 48.8 Å². The van der Waals surface area contributed by atoms with Crippen LogP contribution >= 0.6 is 11.3 Å². The van der Waals surface area contributed by atoms with E-state index < -0.39 is 0 Å². The first-order chi connectivity index (χ1) is 16.5. The average molecular weight is 473 g/mol. The molecule has 1 aliphatic rings. The van der Waals surface area contributed by atoms with E-state index in [1.165, 1.54) is 22.4 Å². The minimum Gasteiger partial charge on any atom is -0.332 e. The van der Waals surface area contributed by atoms with Crippen LogP contribution in [-0.2, 0) is 17.6 Å². The van der Waals surface area contributed by atoms with Crippen LogP contribution < -0.4 is 10.6 Å². The number of rotatable bonds is 6. The number of pyridine rings is 1. The number of nitrogens with zero attached hydrogens (tertiary/aromatic N) is 2. The van der Waals surface area contributed by atoms with Crippen molar-refractivity contribution in [3.8, 4) is 12.3 Å². The minimum absolute atomic E-state index is 0.139. The number of carbonyl (C=O) groups excluding carboxylic acids is 3. The zero-order valence-electron chi connectivity index (χ0n) is 18.8. The van der Waals surface area contributed by atoms with E-state index >= 15 is 0 Å². The quantitative estimate of drug-likeness (QED) is 0.531. The summed E-state index contributed by atoms with van der Waals surface area (Å²) in [4.78, 5) is 45.3. The molecule has 2 heterocycles. The van der Waals surface area contributed by atoms with Crippen molar-refractivity contribution in [2.45, 2.75) is 25.7 Å². The smallest absolute Gasteiger partial charge is 0.257 e. The van der Waals surface area contributed by atoms with Gasteiger partial charge in [0.25, 0.3) is 11.8 Å². The Balaban J connectivity index is 1.53. The Hall–Kier alpha value is -3.96. The van der Waals surface area contributed by atoms with Gasteiger partial charge in [0.2, 0.25) is 5.91 Å². The fraction of sp³-hybridized carbons (Fsp3) is 0.231. The Labute approximate surface area is 202 Å². The highest BCUT2D eigenvalue weighted by molar-refractivity contribution is 7.17. The Morgan fingerprint density at radius 1 is 1.15 bits per heavy atom. The highest BCUT2D eigenvalue weighted by Crippen LogP contribution is 2.39. The van der Waals surface area contributed by atoms with Gasteiger partial charge < -0.3 is 15.5 Å². The maximum Gasteiger partial charge on any atom is 0.257 e. The van der Waals surface area contributed by atoms with E-state index in [0.717, 1.165) is 36.1 Å². The molecule has 8 heteroatoms. The molecular formula is C26H24N4O3S. The summed E-state index contributed by atoms with van der Waals surface area (Å²) < 4.78 is 0. The Morgan fingerprint density at radius 2 is 1.97 bits per heavy atom. The van der Waals surface area contributed by atoms with Gasteiger partial charge in [-0.2, -0.15) is 0 Å². The maximum absolute atomic E-state index is 13.5. The van der Waals surface area contributed by atoms with Crippen molar-refractivity contribution < 1.29 is 14.4 Å². The second-order valence-electron chi connectivity index (χ2n) is 8.05. The van der Waals surface area contributed by atoms with E-state index in [1.807, 2.05) is 0 Å². The van der Waals surface area contributed by atoms with E-state index in [-0.39, 0.29) is 24.3 Å². The SMILES string of the molecule is C#Cc1cccc(NC(=O)CN(C)C(=O)c2c(NC(=O)c3cccnc3)sc3c2CCCC3)c1. The molecule has 2 aromatic heterocycles. The number of fused-ring (bicyclic) bond motifs is 1. The number of carbonyl (C=O) groups is 3. The molecule has 0 radical (unpaired) electrons. The molecule has 0 aliphatic heterocycles. The molecular weight excluding hydrogens is 448 g/mol. The molecule has 1 aromatic carbocycles.